The third-order valence-corrected chi connectivity index (χ3v) is 3.59. The fourth-order valence-electron chi connectivity index (χ4n) is 2.09. The lowest BCUT2D eigenvalue weighted by Gasteiger charge is -2.17. The van der Waals surface area contributed by atoms with E-state index in [9.17, 15) is 4.79 Å². The molecule has 0 radical (unpaired) electrons. The number of carbonyl (C=O) groups is 1. The molecule has 0 aliphatic rings. The molecule has 1 N–H and O–H groups in total. The van der Waals surface area contributed by atoms with Crippen molar-refractivity contribution in [2.75, 3.05) is 7.05 Å². The van der Waals surface area contributed by atoms with Crippen LogP contribution in [0.1, 0.15) is 23.6 Å². The van der Waals surface area contributed by atoms with E-state index in [1.807, 2.05) is 54.6 Å². The van der Waals surface area contributed by atoms with Crippen molar-refractivity contribution in [3.05, 3.63) is 70.7 Å². The Labute approximate surface area is 129 Å². The van der Waals surface area contributed by atoms with E-state index in [1.54, 1.807) is 7.05 Å². The molecule has 0 saturated carbocycles. The number of halogens is 1. The molecule has 0 amide bonds. The summed E-state index contributed by atoms with van der Waals surface area (Å²) in [6.45, 7) is 0.290. The second kappa shape index (κ2) is 7.81. The average Bonchev–Trinajstić information content (AvgIpc) is 2.52. The number of ether oxygens (including phenoxy) is 1. The minimum absolute atomic E-state index is 0.151. The summed E-state index contributed by atoms with van der Waals surface area (Å²) in [5, 5.41) is 3.75. The lowest BCUT2D eigenvalue weighted by Crippen LogP contribution is -2.21. The zero-order chi connectivity index (χ0) is 15.1. The van der Waals surface area contributed by atoms with Gasteiger partial charge in [0.15, 0.2) is 0 Å². The van der Waals surface area contributed by atoms with Crippen LogP contribution in [0.3, 0.4) is 0 Å². The van der Waals surface area contributed by atoms with Gasteiger partial charge in [0.05, 0.1) is 6.42 Å². The topological polar surface area (TPSA) is 38.3 Å². The van der Waals surface area contributed by atoms with Crippen molar-refractivity contribution in [2.45, 2.75) is 19.1 Å². The van der Waals surface area contributed by atoms with Crippen LogP contribution in [0.2, 0.25) is 5.02 Å². The van der Waals surface area contributed by atoms with Crippen molar-refractivity contribution in [1.29, 1.82) is 0 Å². The van der Waals surface area contributed by atoms with Crippen molar-refractivity contribution in [3.8, 4) is 0 Å². The second-order valence-electron chi connectivity index (χ2n) is 4.71. The predicted octanol–water partition coefficient (Wildman–Crippen LogP) is 3.73. The maximum atomic E-state index is 12.0. The van der Waals surface area contributed by atoms with Crippen molar-refractivity contribution in [2.24, 2.45) is 0 Å². The van der Waals surface area contributed by atoms with E-state index in [0.29, 0.717) is 11.6 Å². The minimum Gasteiger partial charge on any atom is -0.461 e. The summed E-state index contributed by atoms with van der Waals surface area (Å²) in [4.78, 5) is 12.0. The highest BCUT2D eigenvalue weighted by atomic mass is 35.5. The Hall–Kier alpha value is -1.84. The molecule has 1 atom stereocenters. The largest absolute Gasteiger partial charge is 0.461 e. The van der Waals surface area contributed by atoms with Gasteiger partial charge >= 0.3 is 5.97 Å². The van der Waals surface area contributed by atoms with E-state index in [2.05, 4.69) is 5.32 Å². The number of hydrogen-bond acceptors (Lipinski definition) is 3. The number of nitrogens with one attached hydrogen (secondary N) is 1. The SMILES string of the molecule is CNC(CC(=O)OCc1ccccc1)c1ccccc1Cl. The lowest BCUT2D eigenvalue weighted by atomic mass is 10.0. The van der Waals surface area contributed by atoms with E-state index in [1.165, 1.54) is 0 Å². The first-order valence-electron chi connectivity index (χ1n) is 6.82. The molecule has 0 aromatic heterocycles. The van der Waals surface area contributed by atoms with Crippen molar-refractivity contribution >= 4 is 17.6 Å². The Morgan fingerprint density at radius 2 is 1.81 bits per heavy atom. The maximum Gasteiger partial charge on any atom is 0.308 e. The molecule has 0 aliphatic carbocycles. The molecular formula is C17H18ClNO2. The van der Waals surface area contributed by atoms with Crippen LogP contribution in [-0.4, -0.2) is 13.0 Å². The van der Waals surface area contributed by atoms with Crippen LogP contribution in [0.5, 0.6) is 0 Å². The highest BCUT2D eigenvalue weighted by Crippen LogP contribution is 2.25. The van der Waals surface area contributed by atoms with E-state index in [0.717, 1.165) is 11.1 Å². The van der Waals surface area contributed by atoms with Crippen LogP contribution < -0.4 is 5.32 Å². The quantitative estimate of drug-likeness (QED) is 0.826. The van der Waals surface area contributed by atoms with E-state index in [-0.39, 0.29) is 18.4 Å². The first-order valence-corrected chi connectivity index (χ1v) is 7.19. The van der Waals surface area contributed by atoms with Crippen LogP contribution in [0.25, 0.3) is 0 Å². The van der Waals surface area contributed by atoms with Crippen LogP contribution in [0.4, 0.5) is 0 Å². The number of carbonyl (C=O) groups excluding carboxylic acids is 1. The smallest absolute Gasteiger partial charge is 0.308 e. The van der Waals surface area contributed by atoms with Gasteiger partial charge in [-0.15, -0.1) is 0 Å². The van der Waals surface area contributed by atoms with Crippen LogP contribution in [0, 0.1) is 0 Å². The number of esters is 1. The fraction of sp³-hybridized carbons (Fsp3) is 0.235. The molecule has 0 aliphatic heterocycles. The predicted molar refractivity (Wildman–Crippen MR) is 84.1 cm³/mol. The molecule has 0 saturated heterocycles. The van der Waals surface area contributed by atoms with Gasteiger partial charge in [-0.1, -0.05) is 60.1 Å². The molecular weight excluding hydrogens is 286 g/mol. The summed E-state index contributed by atoms with van der Waals surface area (Å²) < 4.78 is 5.30. The Morgan fingerprint density at radius 1 is 1.14 bits per heavy atom. The van der Waals surface area contributed by atoms with Gasteiger partial charge in [-0.3, -0.25) is 4.79 Å². The van der Waals surface area contributed by atoms with Crippen LogP contribution in [-0.2, 0) is 16.1 Å². The highest BCUT2D eigenvalue weighted by molar-refractivity contribution is 6.31. The fourth-order valence-corrected chi connectivity index (χ4v) is 2.36. The van der Waals surface area contributed by atoms with Crippen molar-refractivity contribution in [3.63, 3.8) is 0 Å². The van der Waals surface area contributed by atoms with Gasteiger partial charge in [0.25, 0.3) is 0 Å². The summed E-state index contributed by atoms with van der Waals surface area (Å²) in [6, 6.07) is 17.0. The van der Waals surface area contributed by atoms with Gasteiger partial charge in [0, 0.05) is 11.1 Å². The standard InChI is InChI=1S/C17H18ClNO2/c1-19-16(14-9-5-6-10-15(14)18)11-17(20)21-12-13-7-3-2-4-8-13/h2-10,16,19H,11-12H2,1H3. The van der Waals surface area contributed by atoms with Gasteiger partial charge in [-0.05, 0) is 24.2 Å². The second-order valence-corrected chi connectivity index (χ2v) is 5.12. The van der Waals surface area contributed by atoms with Gasteiger partial charge in [-0.2, -0.15) is 0 Å². The average molecular weight is 304 g/mol. The lowest BCUT2D eigenvalue weighted by molar-refractivity contribution is -0.145. The highest BCUT2D eigenvalue weighted by Gasteiger charge is 2.17. The molecule has 4 heteroatoms. The molecule has 0 spiro atoms. The maximum absolute atomic E-state index is 12.0. The summed E-state index contributed by atoms with van der Waals surface area (Å²) in [5.74, 6) is -0.252. The monoisotopic (exact) mass is 303 g/mol. The molecule has 110 valence electrons. The molecule has 0 fully saturated rings. The van der Waals surface area contributed by atoms with Crippen molar-refractivity contribution in [1.82, 2.24) is 5.32 Å². The molecule has 1 unspecified atom stereocenters. The first kappa shape index (κ1) is 15.5. The molecule has 21 heavy (non-hydrogen) atoms. The first-order chi connectivity index (χ1) is 10.2. The molecule has 2 aromatic carbocycles. The Balaban J connectivity index is 1.93. The molecule has 0 heterocycles. The Kier molecular flexibility index (Phi) is 5.78. The Morgan fingerprint density at radius 3 is 2.48 bits per heavy atom. The minimum atomic E-state index is -0.252. The zero-order valence-corrected chi connectivity index (χ0v) is 12.6. The molecule has 2 aromatic rings. The van der Waals surface area contributed by atoms with E-state index in [4.69, 9.17) is 16.3 Å². The number of rotatable bonds is 6. The normalized spacial score (nSPS) is 11.9. The van der Waals surface area contributed by atoms with Gasteiger partial charge in [0.1, 0.15) is 6.61 Å². The molecule has 0 bridgehead atoms. The number of hydrogen-bond donors (Lipinski definition) is 1. The summed E-state index contributed by atoms with van der Waals surface area (Å²) in [7, 11) is 1.80. The van der Waals surface area contributed by atoms with E-state index >= 15 is 0 Å². The van der Waals surface area contributed by atoms with Crippen LogP contribution in [0.15, 0.2) is 54.6 Å². The third kappa shape index (κ3) is 4.59. The Bertz CT molecular complexity index is 586. The summed E-state index contributed by atoms with van der Waals surface area (Å²) in [5.41, 5.74) is 1.88. The summed E-state index contributed by atoms with van der Waals surface area (Å²) >= 11 is 6.16. The van der Waals surface area contributed by atoms with Crippen LogP contribution >= 0.6 is 11.6 Å². The van der Waals surface area contributed by atoms with E-state index < -0.39 is 0 Å². The van der Waals surface area contributed by atoms with Gasteiger partial charge < -0.3 is 10.1 Å². The van der Waals surface area contributed by atoms with Crippen molar-refractivity contribution < 1.29 is 9.53 Å². The molecule has 2 rings (SSSR count). The van der Waals surface area contributed by atoms with Gasteiger partial charge in [0.2, 0.25) is 0 Å². The summed E-state index contributed by atoms with van der Waals surface area (Å²) in [6.07, 6.45) is 0.243. The molecule has 3 nitrogen and oxygen atoms in total. The van der Waals surface area contributed by atoms with Gasteiger partial charge in [-0.25, -0.2) is 0 Å². The zero-order valence-electron chi connectivity index (χ0n) is 11.9. The third-order valence-electron chi connectivity index (χ3n) is 3.24. The number of benzene rings is 2.